The molecule has 2 heteroatoms. The van der Waals surface area contributed by atoms with Gasteiger partial charge in [-0.05, 0) is 72.0 Å². The first-order chi connectivity index (χ1) is 17.9. The summed E-state index contributed by atoms with van der Waals surface area (Å²) in [5, 5.41) is 3.65. The molecule has 1 N–H and O–H groups in total. The Morgan fingerprint density at radius 3 is 1.97 bits per heavy atom. The lowest BCUT2D eigenvalue weighted by atomic mass is 9.72. The fourth-order valence-corrected chi connectivity index (χ4v) is 6.08. The molecule has 2 nitrogen and oxygen atoms in total. The molecule has 1 fully saturated rings. The lowest BCUT2D eigenvalue weighted by Crippen LogP contribution is -2.47. The summed E-state index contributed by atoms with van der Waals surface area (Å²) in [6, 6.07) is 26.3. The number of likely N-dealkylation sites (tertiary alicyclic amines) is 1. The van der Waals surface area contributed by atoms with Crippen LogP contribution in [0.5, 0.6) is 0 Å². The molecule has 0 amide bonds. The number of allylic oxidation sites excluding steroid dienone is 2. The lowest BCUT2D eigenvalue weighted by Gasteiger charge is -2.41. The van der Waals surface area contributed by atoms with Crippen molar-refractivity contribution in [1.82, 2.24) is 10.2 Å². The van der Waals surface area contributed by atoms with Crippen LogP contribution >= 0.6 is 0 Å². The summed E-state index contributed by atoms with van der Waals surface area (Å²) in [7, 11) is 0. The van der Waals surface area contributed by atoms with Crippen molar-refractivity contribution in [2.75, 3.05) is 26.2 Å². The summed E-state index contributed by atoms with van der Waals surface area (Å²) in [5.74, 6) is 0.843. The number of nitrogens with zero attached hydrogens (tertiary/aromatic N) is 1. The second-order valence-electron chi connectivity index (χ2n) is 10.8. The van der Waals surface area contributed by atoms with E-state index in [9.17, 15) is 0 Å². The van der Waals surface area contributed by atoms with Crippen LogP contribution in [0.1, 0.15) is 62.8 Å². The van der Waals surface area contributed by atoms with Gasteiger partial charge in [-0.25, -0.2) is 0 Å². The fourth-order valence-electron chi connectivity index (χ4n) is 6.08. The highest BCUT2D eigenvalue weighted by Crippen LogP contribution is 2.53. The van der Waals surface area contributed by atoms with Crippen molar-refractivity contribution in [3.63, 3.8) is 0 Å². The number of nitrogens with one attached hydrogen (secondary N) is 1. The maximum Gasteiger partial charge on any atom is 0.0616 e. The van der Waals surface area contributed by atoms with Crippen molar-refractivity contribution in [3.05, 3.63) is 114 Å². The summed E-state index contributed by atoms with van der Waals surface area (Å²) in [6.07, 6.45) is 3.29. The molecule has 1 heterocycles. The van der Waals surface area contributed by atoms with E-state index in [1.807, 2.05) is 0 Å². The zero-order chi connectivity index (χ0) is 26.4. The molecule has 3 aromatic carbocycles. The summed E-state index contributed by atoms with van der Waals surface area (Å²) in [5.41, 5.74) is 10.5. The van der Waals surface area contributed by atoms with Crippen molar-refractivity contribution in [2.45, 2.75) is 52.4 Å². The van der Waals surface area contributed by atoms with Gasteiger partial charge in [-0.1, -0.05) is 112 Å². The third-order valence-electron chi connectivity index (χ3n) is 7.97. The molecule has 0 radical (unpaired) electrons. The van der Waals surface area contributed by atoms with Crippen molar-refractivity contribution in [1.29, 1.82) is 0 Å². The normalized spacial score (nSPS) is 15.6. The maximum atomic E-state index is 4.55. The Morgan fingerprint density at radius 2 is 1.46 bits per heavy atom. The van der Waals surface area contributed by atoms with Gasteiger partial charge >= 0.3 is 0 Å². The van der Waals surface area contributed by atoms with Gasteiger partial charge in [-0.3, -0.25) is 0 Å². The van der Waals surface area contributed by atoms with E-state index >= 15 is 0 Å². The average molecular weight is 493 g/mol. The molecule has 1 saturated heterocycles. The zero-order valence-corrected chi connectivity index (χ0v) is 23.3. The molecule has 194 valence electrons. The predicted molar refractivity (Wildman–Crippen MR) is 161 cm³/mol. The third kappa shape index (κ3) is 5.45. The summed E-state index contributed by atoms with van der Waals surface area (Å²) < 4.78 is 0. The van der Waals surface area contributed by atoms with Gasteiger partial charge in [0.05, 0.1) is 5.41 Å². The number of benzene rings is 3. The van der Waals surface area contributed by atoms with Crippen molar-refractivity contribution in [2.24, 2.45) is 5.92 Å². The largest absolute Gasteiger partial charge is 0.388 e. The molecular formula is C35H44N2. The average Bonchev–Trinajstić information content (AvgIpc) is 3.20. The summed E-state index contributed by atoms with van der Waals surface area (Å²) in [4.78, 5) is 2.59. The highest BCUT2D eigenvalue weighted by Gasteiger charge is 2.45. The smallest absolute Gasteiger partial charge is 0.0616 e. The minimum Gasteiger partial charge on any atom is -0.388 e. The molecule has 0 aromatic heterocycles. The number of hydrogen-bond donors (Lipinski definition) is 1. The van der Waals surface area contributed by atoms with Crippen LogP contribution in [0.4, 0.5) is 0 Å². The van der Waals surface area contributed by atoms with Gasteiger partial charge in [0.15, 0.2) is 0 Å². The lowest BCUT2D eigenvalue weighted by molar-refractivity contribution is 0.106. The highest BCUT2D eigenvalue weighted by molar-refractivity contribution is 5.83. The number of hydrogen-bond acceptors (Lipinski definition) is 2. The van der Waals surface area contributed by atoms with E-state index in [0.717, 1.165) is 49.5 Å². The van der Waals surface area contributed by atoms with Crippen LogP contribution in [0.3, 0.4) is 0 Å². The first-order valence-corrected chi connectivity index (χ1v) is 14.0. The fraction of sp³-hybridized carbons (Fsp3) is 0.371. The molecule has 1 aliphatic heterocycles. The van der Waals surface area contributed by atoms with E-state index in [1.165, 1.54) is 46.5 Å². The Bertz CT molecular complexity index is 1190. The number of rotatable bonds is 9. The first kappa shape index (κ1) is 26.9. The highest BCUT2D eigenvalue weighted by atomic mass is 15.2. The van der Waals surface area contributed by atoms with Crippen LogP contribution < -0.4 is 5.32 Å². The summed E-state index contributed by atoms with van der Waals surface area (Å²) in [6.45, 7) is 21.8. The van der Waals surface area contributed by atoms with Gasteiger partial charge in [0, 0.05) is 25.3 Å². The molecule has 37 heavy (non-hydrogen) atoms. The van der Waals surface area contributed by atoms with Gasteiger partial charge in [-0.2, -0.15) is 0 Å². The molecule has 1 aliphatic carbocycles. The zero-order valence-electron chi connectivity index (χ0n) is 23.3. The second kappa shape index (κ2) is 12.0. The Hall–Kier alpha value is -3.10. The van der Waals surface area contributed by atoms with Crippen molar-refractivity contribution in [3.8, 4) is 11.1 Å². The minimum atomic E-state index is -0.124. The molecular weight excluding hydrogens is 448 g/mol. The van der Waals surface area contributed by atoms with Gasteiger partial charge in [0.2, 0.25) is 0 Å². The number of aryl methyl sites for hydroxylation is 1. The molecule has 0 spiro atoms. The Kier molecular flexibility index (Phi) is 8.71. The monoisotopic (exact) mass is 492 g/mol. The van der Waals surface area contributed by atoms with E-state index in [2.05, 4.69) is 124 Å². The van der Waals surface area contributed by atoms with Gasteiger partial charge in [0.25, 0.3) is 0 Å². The maximum absolute atomic E-state index is 4.55. The SMILES string of the molecule is C=C(C)c1ccccc1CC.C=C(NCCC)C1(CCN2CC(C)C2)c2ccccc2-c2ccccc21. The van der Waals surface area contributed by atoms with Crippen molar-refractivity contribution < 1.29 is 0 Å². The van der Waals surface area contributed by atoms with E-state index in [-0.39, 0.29) is 5.41 Å². The Labute approximate surface area is 225 Å². The minimum absolute atomic E-state index is 0.124. The standard InChI is InChI=1S/C24H30N2.C11H14/c1-4-14-25-19(3)24(13-15-26-16-18(2)17-26)22-11-7-5-9-20(22)21-10-6-8-12-23(21)24;1-4-10-7-5-6-8-11(10)9(2)3/h5-12,18,25H,3-4,13-17H2,1-2H3;5-8H,2,4H2,1,3H3. The third-order valence-corrected chi connectivity index (χ3v) is 7.97. The van der Waals surface area contributed by atoms with Crippen LogP contribution in [0.2, 0.25) is 0 Å². The Morgan fingerprint density at radius 1 is 0.892 bits per heavy atom. The van der Waals surface area contributed by atoms with Gasteiger partial charge < -0.3 is 10.2 Å². The van der Waals surface area contributed by atoms with Crippen LogP contribution in [0.15, 0.2) is 91.7 Å². The van der Waals surface area contributed by atoms with E-state index in [0.29, 0.717) is 0 Å². The topological polar surface area (TPSA) is 15.3 Å². The predicted octanol–water partition coefficient (Wildman–Crippen LogP) is 8.09. The van der Waals surface area contributed by atoms with Crippen LogP contribution in [0, 0.1) is 5.92 Å². The molecule has 5 rings (SSSR count). The quantitative estimate of drug-likeness (QED) is 0.325. The van der Waals surface area contributed by atoms with E-state index in [1.54, 1.807) is 0 Å². The number of fused-ring (bicyclic) bond motifs is 3. The molecule has 0 atom stereocenters. The van der Waals surface area contributed by atoms with Crippen molar-refractivity contribution >= 4 is 5.57 Å². The van der Waals surface area contributed by atoms with Gasteiger partial charge in [-0.15, -0.1) is 0 Å². The second-order valence-corrected chi connectivity index (χ2v) is 10.8. The first-order valence-electron chi connectivity index (χ1n) is 14.0. The molecule has 0 unspecified atom stereocenters. The summed E-state index contributed by atoms with van der Waals surface area (Å²) >= 11 is 0. The molecule has 0 saturated carbocycles. The van der Waals surface area contributed by atoms with Crippen LogP contribution in [0.25, 0.3) is 16.7 Å². The Balaban J connectivity index is 0.000000245. The molecule has 3 aromatic rings. The molecule has 2 aliphatic rings. The van der Waals surface area contributed by atoms with E-state index < -0.39 is 0 Å². The molecule has 0 bridgehead atoms. The van der Waals surface area contributed by atoms with E-state index in [4.69, 9.17) is 0 Å². The van der Waals surface area contributed by atoms with Crippen LogP contribution in [-0.2, 0) is 11.8 Å². The van der Waals surface area contributed by atoms with Crippen LogP contribution in [-0.4, -0.2) is 31.1 Å². The van der Waals surface area contributed by atoms with Gasteiger partial charge in [0.1, 0.15) is 0 Å².